The lowest BCUT2D eigenvalue weighted by Gasteiger charge is -2.49. The zero-order valence-corrected chi connectivity index (χ0v) is 12.8. The molecule has 2 rings (SSSR count). The first kappa shape index (κ1) is 15.2. The summed E-state index contributed by atoms with van der Waals surface area (Å²) in [4.78, 5) is 28.7. The minimum absolute atomic E-state index is 0. The van der Waals surface area contributed by atoms with E-state index in [-0.39, 0.29) is 28.3 Å². The summed E-state index contributed by atoms with van der Waals surface area (Å²) in [7, 11) is 0. The number of fused-ring (bicyclic) bond motifs is 1. The molecule has 0 aromatic carbocycles. The van der Waals surface area contributed by atoms with Gasteiger partial charge < -0.3 is 10.0 Å². The SMILES string of the molecule is Br.CC1=CS[C@@H]2C(N=C(C)C)C(=O)N2C1C(=O)O. The summed E-state index contributed by atoms with van der Waals surface area (Å²) < 4.78 is 0. The monoisotopic (exact) mass is 334 g/mol. The number of rotatable bonds is 2. The average molecular weight is 335 g/mol. The summed E-state index contributed by atoms with van der Waals surface area (Å²) in [6.07, 6.45) is 0. The van der Waals surface area contributed by atoms with Crippen molar-refractivity contribution in [3.05, 3.63) is 11.0 Å². The molecule has 18 heavy (non-hydrogen) atoms. The molecule has 7 heteroatoms. The van der Waals surface area contributed by atoms with E-state index in [1.165, 1.54) is 16.7 Å². The van der Waals surface area contributed by atoms with Crippen molar-refractivity contribution in [2.24, 2.45) is 4.99 Å². The number of halogens is 1. The van der Waals surface area contributed by atoms with Crippen LogP contribution in [-0.2, 0) is 9.59 Å². The van der Waals surface area contributed by atoms with Crippen LogP contribution >= 0.6 is 28.7 Å². The number of carbonyl (C=O) groups excluding carboxylic acids is 1. The number of β-lactam (4-membered cyclic amide) rings is 1. The van der Waals surface area contributed by atoms with Crippen LogP contribution < -0.4 is 0 Å². The molecule has 5 nitrogen and oxygen atoms in total. The molecule has 0 radical (unpaired) electrons. The Kier molecular flexibility index (Phi) is 4.61. The summed E-state index contributed by atoms with van der Waals surface area (Å²) >= 11 is 1.47. The second-order valence-electron chi connectivity index (χ2n) is 4.40. The normalized spacial score (nSPS) is 29.5. The third-order valence-corrected chi connectivity index (χ3v) is 4.06. The summed E-state index contributed by atoms with van der Waals surface area (Å²) in [6.45, 7) is 5.40. The molecule has 0 aliphatic carbocycles. The van der Waals surface area contributed by atoms with E-state index < -0.39 is 18.1 Å². The molecule has 0 aromatic rings. The molecule has 100 valence electrons. The highest BCUT2D eigenvalue weighted by atomic mass is 79.9. The van der Waals surface area contributed by atoms with Gasteiger partial charge in [-0.15, -0.1) is 28.7 Å². The molecule has 1 saturated heterocycles. The van der Waals surface area contributed by atoms with Crippen LogP contribution in [0.4, 0.5) is 0 Å². The van der Waals surface area contributed by atoms with E-state index in [1.807, 2.05) is 19.3 Å². The van der Waals surface area contributed by atoms with Crippen molar-refractivity contribution in [3.63, 3.8) is 0 Å². The van der Waals surface area contributed by atoms with Crippen LogP contribution in [-0.4, -0.2) is 45.1 Å². The first-order chi connectivity index (χ1) is 7.93. The van der Waals surface area contributed by atoms with Gasteiger partial charge in [0.25, 0.3) is 5.91 Å². The fourth-order valence-electron chi connectivity index (χ4n) is 2.06. The minimum Gasteiger partial charge on any atom is -0.479 e. The number of hydrogen-bond acceptors (Lipinski definition) is 4. The summed E-state index contributed by atoms with van der Waals surface area (Å²) in [6, 6.07) is -1.24. The van der Waals surface area contributed by atoms with E-state index in [0.29, 0.717) is 5.57 Å². The number of hydrogen-bond donors (Lipinski definition) is 1. The van der Waals surface area contributed by atoms with Crippen molar-refractivity contribution in [3.8, 4) is 0 Å². The third-order valence-electron chi connectivity index (χ3n) is 2.79. The molecule has 2 aliphatic heterocycles. The van der Waals surface area contributed by atoms with Crippen LogP contribution in [0.2, 0.25) is 0 Å². The predicted molar refractivity (Wildman–Crippen MR) is 76.3 cm³/mol. The summed E-state index contributed by atoms with van der Waals surface area (Å²) in [5, 5.41) is 10.8. The Morgan fingerprint density at radius 3 is 2.61 bits per heavy atom. The number of carboxylic acids is 1. The zero-order chi connectivity index (χ0) is 12.7. The molecular formula is C11H15BrN2O3S. The highest BCUT2D eigenvalue weighted by Crippen LogP contribution is 2.41. The minimum atomic E-state index is -0.979. The van der Waals surface area contributed by atoms with Gasteiger partial charge in [-0.3, -0.25) is 9.79 Å². The number of thioether (sulfide) groups is 1. The maximum atomic E-state index is 11.9. The number of aliphatic carboxylic acids is 1. The van der Waals surface area contributed by atoms with Crippen LogP contribution in [0.3, 0.4) is 0 Å². The Balaban J connectivity index is 0.00000162. The molecule has 0 saturated carbocycles. The van der Waals surface area contributed by atoms with Gasteiger partial charge in [-0.2, -0.15) is 0 Å². The fourth-order valence-corrected chi connectivity index (χ4v) is 3.22. The maximum absolute atomic E-state index is 11.9. The highest BCUT2D eigenvalue weighted by molar-refractivity contribution is 8.93. The number of nitrogens with zero attached hydrogens (tertiary/aromatic N) is 2. The quantitative estimate of drug-likeness (QED) is 0.616. The third kappa shape index (κ3) is 2.33. The Morgan fingerprint density at radius 2 is 2.11 bits per heavy atom. The maximum Gasteiger partial charge on any atom is 0.330 e. The van der Waals surface area contributed by atoms with E-state index in [1.54, 1.807) is 6.92 Å². The Hall–Kier alpha value is -0.820. The molecule has 1 amide bonds. The van der Waals surface area contributed by atoms with Gasteiger partial charge >= 0.3 is 5.97 Å². The van der Waals surface area contributed by atoms with Crippen molar-refractivity contribution >= 4 is 46.3 Å². The van der Waals surface area contributed by atoms with E-state index >= 15 is 0 Å². The standard InChI is InChI=1S/C11H14N2O3S.BrH/c1-5(2)12-7-9(14)13-8(11(15)16)6(3)4-17-10(7)13;/h4,7-8,10H,1-3H3,(H,15,16);1H/t7?,8?,10-;/m1./s1. The lowest BCUT2D eigenvalue weighted by molar-refractivity contribution is -0.157. The van der Waals surface area contributed by atoms with Crippen LogP contribution in [0.5, 0.6) is 0 Å². The first-order valence-electron chi connectivity index (χ1n) is 5.31. The highest BCUT2D eigenvalue weighted by Gasteiger charge is 2.54. The molecule has 0 bridgehead atoms. The summed E-state index contributed by atoms with van der Waals surface area (Å²) in [5.41, 5.74) is 1.53. The van der Waals surface area contributed by atoms with Crippen LogP contribution in [0.15, 0.2) is 16.0 Å². The summed E-state index contributed by atoms with van der Waals surface area (Å²) in [5.74, 6) is -1.17. The molecule has 1 N–H and O–H groups in total. The smallest absolute Gasteiger partial charge is 0.330 e. The number of carboxylic acid groups (broad SMARTS) is 1. The lowest BCUT2D eigenvalue weighted by Crippen LogP contribution is -2.68. The lowest BCUT2D eigenvalue weighted by atomic mass is 9.99. The van der Waals surface area contributed by atoms with Gasteiger partial charge in [-0.05, 0) is 31.8 Å². The van der Waals surface area contributed by atoms with Gasteiger partial charge in [0.15, 0.2) is 12.1 Å². The zero-order valence-electron chi connectivity index (χ0n) is 10.3. The Labute approximate surface area is 120 Å². The van der Waals surface area contributed by atoms with Gasteiger partial charge in [0.1, 0.15) is 5.37 Å². The predicted octanol–water partition coefficient (Wildman–Crippen LogP) is 1.69. The number of carbonyl (C=O) groups is 2. The molecule has 2 aliphatic rings. The van der Waals surface area contributed by atoms with Crippen LogP contribution in [0.25, 0.3) is 0 Å². The molecule has 3 atom stereocenters. The van der Waals surface area contributed by atoms with Crippen molar-refractivity contribution < 1.29 is 14.7 Å². The van der Waals surface area contributed by atoms with Crippen molar-refractivity contribution in [1.29, 1.82) is 0 Å². The molecular weight excluding hydrogens is 320 g/mol. The molecule has 0 spiro atoms. The van der Waals surface area contributed by atoms with Gasteiger partial charge in [0, 0.05) is 5.71 Å². The molecule has 1 fully saturated rings. The fraction of sp³-hybridized carbons (Fsp3) is 0.545. The van der Waals surface area contributed by atoms with Gasteiger partial charge in [-0.25, -0.2) is 4.79 Å². The van der Waals surface area contributed by atoms with Crippen LogP contribution in [0, 0.1) is 0 Å². The number of aliphatic imine (C=N–C) groups is 1. The van der Waals surface area contributed by atoms with Gasteiger partial charge in [-0.1, -0.05) is 0 Å². The largest absolute Gasteiger partial charge is 0.479 e. The second kappa shape index (κ2) is 5.44. The van der Waals surface area contributed by atoms with E-state index in [2.05, 4.69) is 4.99 Å². The average Bonchev–Trinajstić information content (AvgIpc) is 2.24. The Bertz CT molecular complexity index is 446. The van der Waals surface area contributed by atoms with Crippen LogP contribution in [0.1, 0.15) is 20.8 Å². The molecule has 2 unspecified atom stereocenters. The second-order valence-corrected chi connectivity index (χ2v) is 5.39. The van der Waals surface area contributed by atoms with E-state index in [4.69, 9.17) is 5.11 Å². The number of amides is 1. The van der Waals surface area contributed by atoms with Crippen molar-refractivity contribution in [2.45, 2.75) is 38.2 Å². The first-order valence-corrected chi connectivity index (χ1v) is 6.26. The van der Waals surface area contributed by atoms with E-state index in [9.17, 15) is 9.59 Å². The van der Waals surface area contributed by atoms with Crippen molar-refractivity contribution in [1.82, 2.24) is 4.90 Å². The Morgan fingerprint density at radius 1 is 1.50 bits per heavy atom. The van der Waals surface area contributed by atoms with Crippen molar-refractivity contribution in [2.75, 3.05) is 0 Å². The van der Waals surface area contributed by atoms with Gasteiger partial charge in [0.2, 0.25) is 0 Å². The van der Waals surface area contributed by atoms with E-state index in [0.717, 1.165) is 5.71 Å². The van der Waals surface area contributed by atoms with Gasteiger partial charge in [0.05, 0.1) is 0 Å². The topological polar surface area (TPSA) is 70.0 Å². The molecule has 2 heterocycles. The molecule has 0 aromatic heterocycles.